The molecule has 0 radical (unpaired) electrons. The zero-order valence-corrected chi connectivity index (χ0v) is 14.9. The molecule has 2 rings (SSSR count). The van der Waals surface area contributed by atoms with Crippen LogP contribution in [0.5, 0.6) is 0 Å². The Kier molecular flexibility index (Phi) is 6.45. The molecule has 2 amide bonds. The van der Waals surface area contributed by atoms with E-state index in [1.807, 2.05) is 0 Å². The van der Waals surface area contributed by atoms with Gasteiger partial charge in [0.15, 0.2) is 0 Å². The van der Waals surface area contributed by atoms with Gasteiger partial charge >= 0.3 is 11.9 Å². The summed E-state index contributed by atoms with van der Waals surface area (Å²) in [5, 5.41) is 4.96. The van der Waals surface area contributed by atoms with E-state index in [4.69, 9.17) is 4.74 Å². The molecule has 2 aromatic rings. The van der Waals surface area contributed by atoms with Crippen molar-refractivity contribution < 1.29 is 31.5 Å². The summed E-state index contributed by atoms with van der Waals surface area (Å²) in [4.78, 5) is 23.1. The van der Waals surface area contributed by atoms with Gasteiger partial charge in [-0.25, -0.2) is 13.2 Å². The number of ether oxygens (including phenoxy) is 1. The van der Waals surface area contributed by atoms with Crippen molar-refractivity contribution >= 4 is 33.2 Å². The number of benzene rings is 2. The van der Waals surface area contributed by atoms with Crippen LogP contribution in [0.15, 0.2) is 53.4 Å². The molecule has 0 spiro atoms. The van der Waals surface area contributed by atoms with Gasteiger partial charge in [-0.2, -0.15) is 8.78 Å². The van der Waals surface area contributed by atoms with Crippen molar-refractivity contribution in [1.29, 1.82) is 0 Å². The van der Waals surface area contributed by atoms with Crippen molar-refractivity contribution in [3.8, 4) is 0 Å². The summed E-state index contributed by atoms with van der Waals surface area (Å²) in [5.74, 6) is -4.06. The Morgan fingerprint density at radius 1 is 1.04 bits per heavy atom. The zero-order chi connectivity index (χ0) is 20.0. The Morgan fingerprint density at radius 2 is 1.70 bits per heavy atom. The fourth-order valence-corrected chi connectivity index (χ4v) is 2.78. The van der Waals surface area contributed by atoms with Gasteiger partial charge in [0.1, 0.15) is 0 Å². The number of sulfone groups is 1. The minimum Gasteiger partial charge on any atom is -0.450 e. The molecule has 2 N–H and O–H groups in total. The first kappa shape index (κ1) is 20.3. The molecule has 0 aliphatic rings. The molecule has 0 heterocycles. The van der Waals surface area contributed by atoms with Crippen LogP contribution >= 0.6 is 0 Å². The first-order valence-electron chi connectivity index (χ1n) is 7.71. The predicted octanol–water partition coefficient (Wildman–Crippen LogP) is 3.50. The highest BCUT2D eigenvalue weighted by Crippen LogP contribution is 2.21. The van der Waals surface area contributed by atoms with E-state index < -0.39 is 32.5 Å². The van der Waals surface area contributed by atoms with E-state index in [1.54, 1.807) is 19.1 Å². The van der Waals surface area contributed by atoms with E-state index >= 15 is 0 Å². The first-order chi connectivity index (χ1) is 12.7. The van der Waals surface area contributed by atoms with Gasteiger partial charge < -0.3 is 10.1 Å². The highest BCUT2D eigenvalue weighted by molar-refractivity contribution is 7.91. The lowest BCUT2D eigenvalue weighted by molar-refractivity contribution is 0.102. The van der Waals surface area contributed by atoms with Gasteiger partial charge in [0.25, 0.3) is 5.91 Å². The Balaban J connectivity index is 2.10. The molecule has 144 valence electrons. The number of hydrogen-bond acceptors (Lipinski definition) is 5. The van der Waals surface area contributed by atoms with E-state index in [1.165, 1.54) is 24.3 Å². The third-order valence-corrected chi connectivity index (χ3v) is 4.72. The number of carbonyl (C=O) groups excluding carboxylic acids is 2. The molecule has 0 saturated heterocycles. The summed E-state index contributed by atoms with van der Waals surface area (Å²) in [7, 11) is -4.69. The van der Waals surface area contributed by atoms with Gasteiger partial charge in [-0.15, -0.1) is 0 Å². The average molecular weight is 398 g/mol. The maximum Gasteiger partial charge on any atom is 0.411 e. The number of carbonyl (C=O) groups is 2. The molecule has 0 aromatic heterocycles. The van der Waals surface area contributed by atoms with Gasteiger partial charge in [-0.05, 0) is 49.4 Å². The van der Waals surface area contributed by atoms with Gasteiger partial charge in [0.05, 0.1) is 11.5 Å². The smallest absolute Gasteiger partial charge is 0.411 e. The van der Waals surface area contributed by atoms with Crippen LogP contribution in [0.1, 0.15) is 17.3 Å². The predicted molar refractivity (Wildman–Crippen MR) is 94.7 cm³/mol. The van der Waals surface area contributed by atoms with Crippen LogP contribution < -0.4 is 10.6 Å². The van der Waals surface area contributed by atoms with Crippen LogP contribution in [-0.4, -0.2) is 32.8 Å². The van der Waals surface area contributed by atoms with Gasteiger partial charge in [-0.1, -0.05) is 6.07 Å². The second-order valence-electron chi connectivity index (χ2n) is 5.21. The van der Waals surface area contributed by atoms with E-state index in [-0.39, 0.29) is 17.9 Å². The normalized spacial score (nSPS) is 11.1. The molecular formula is C17H16F2N2O5S. The molecular weight excluding hydrogens is 382 g/mol. The van der Waals surface area contributed by atoms with E-state index in [0.717, 1.165) is 12.1 Å². The van der Waals surface area contributed by atoms with Crippen molar-refractivity contribution in [3.05, 3.63) is 54.1 Å². The number of nitrogens with one attached hydrogen (secondary N) is 2. The standard InChI is InChI=1S/C17H16F2N2O5S/c1-2-26-17(23)21-13-5-3-4-11(10-13)15(22)20-12-6-8-14(9-7-12)27(24,25)16(18)19/h3-10,16H,2H2,1H3,(H,20,22)(H,21,23). The fourth-order valence-electron chi connectivity index (χ4n) is 2.06. The number of rotatable bonds is 6. The minimum absolute atomic E-state index is 0.198. The van der Waals surface area contributed by atoms with Gasteiger partial charge in [-0.3, -0.25) is 10.1 Å². The minimum atomic E-state index is -4.69. The second kappa shape index (κ2) is 8.58. The first-order valence-corrected chi connectivity index (χ1v) is 9.26. The molecule has 0 unspecified atom stereocenters. The third kappa shape index (κ3) is 5.23. The second-order valence-corrected chi connectivity index (χ2v) is 7.13. The summed E-state index contributed by atoms with van der Waals surface area (Å²) in [6.45, 7) is 1.85. The highest BCUT2D eigenvalue weighted by atomic mass is 32.2. The van der Waals surface area contributed by atoms with E-state index in [0.29, 0.717) is 5.69 Å². The van der Waals surface area contributed by atoms with Crippen molar-refractivity contribution in [2.24, 2.45) is 0 Å². The summed E-state index contributed by atoms with van der Waals surface area (Å²) in [6, 6.07) is 10.4. The number of anilines is 2. The summed E-state index contributed by atoms with van der Waals surface area (Å²) in [6.07, 6.45) is -0.661. The fraction of sp³-hybridized carbons (Fsp3) is 0.176. The van der Waals surface area contributed by atoms with Crippen LogP contribution in [0.25, 0.3) is 0 Å². The molecule has 10 heteroatoms. The largest absolute Gasteiger partial charge is 0.450 e. The summed E-state index contributed by atoms with van der Waals surface area (Å²) < 4.78 is 52.5. The number of alkyl halides is 2. The maximum absolute atomic E-state index is 12.5. The number of halogens is 2. The molecule has 7 nitrogen and oxygen atoms in total. The number of hydrogen-bond donors (Lipinski definition) is 2. The molecule has 2 aromatic carbocycles. The lowest BCUT2D eigenvalue weighted by Gasteiger charge is -2.09. The third-order valence-electron chi connectivity index (χ3n) is 3.32. The maximum atomic E-state index is 12.5. The molecule has 0 aliphatic heterocycles. The molecule has 0 atom stereocenters. The van der Waals surface area contributed by atoms with Crippen LogP contribution in [0.2, 0.25) is 0 Å². The van der Waals surface area contributed by atoms with Crippen molar-refractivity contribution in [3.63, 3.8) is 0 Å². The van der Waals surface area contributed by atoms with Crippen molar-refractivity contribution in [1.82, 2.24) is 0 Å². The molecule has 0 saturated carbocycles. The van der Waals surface area contributed by atoms with Gasteiger partial charge in [0, 0.05) is 16.9 Å². The van der Waals surface area contributed by atoms with E-state index in [2.05, 4.69) is 10.6 Å². The van der Waals surface area contributed by atoms with Crippen molar-refractivity contribution in [2.45, 2.75) is 17.6 Å². The Morgan fingerprint density at radius 3 is 2.30 bits per heavy atom. The van der Waals surface area contributed by atoms with Crippen LogP contribution in [-0.2, 0) is 14.6 Å². The topological polar surface area (TPSA) is 102 Å². The van der Waals surface area contributed by atoms with Crippen LogP contribution in [0.4, 0.5) is 25.0 Å². The molecule has 0 bridgehead atoms. The monoisotopic (exact) mass is 398 g/mol. The lowest BCUT2D eigenvalue weighted by atomic mass is 10.2. The molecule has 0 aliphatic carbocycles. The molecule has 0 fully saturated rings. The van der Waals surface area contributed by atoms with Crippen LogP contribution in [0.3, 0.4) is 0 Å². The Bertz CT molecular complexity index is 931. The summed E-state index contributed by atoms with van der Waals surface area (Å²) >= 11 is 0. The Hall–Kier alpha value is -3.01. The Labute approximate surface area is 154 Å². The van der Waals surface area contributed by atoms with E-state index in [9.17, 15) is 26.8 Å². The lowest BCUT2D eigenvalue weighted by Crippen LogP contribution is -2.15. The van der Waals surface area contributed by atoms with Crippen molar-refractivity contribution in [2.75, 3.05) is 17.2 Å². The van der Waals surface area contributed by atoms with Crippen LogP contribution in [0, 0.1) is 0 Å². The molecule has 27 heavy (non-hydrogen) atoms. The highest BCUT2D eigenvalue weighted by Gasteiger charge is 2.26. The zero-order valence-electron chi connectivity index (χ0n) is 14.1. The quantitative estimate of drug-likeness (QED) is 0.775. The van der Waals surface area contributed by atoms with Gasteiger partial charge in [0.2, 0.25) is 9.84 Å². The summed E-state index contributed by atoms with van der Waals surface area (Å²) in [5.41, 5.74) is 0.782. The SMILES string of the molecule is CCOC(=O)Nc1cccc(C(=O)Nc2ccc(S(=O)(=O)C(F)F)cc2)c1. The number of amides is 2. The average Bonchev–Trinajstić information content (AvgIpc) is 2.62.